The zero-order valence-corrected chi connectivity index (χ0v) is 21.0. The van der Waals surface area contributed by atoms with Gasteiger partial charge >= 0.3 is 5.97 Å². The second-order valence-corrected chi connectivity index (χ2v) is 10.7. The van der Waals surface area contributed by atoms with Gasteiger partial charge in [0.25, 0.3) is 0 Å². The third-order valence-corrected chi connectivity index (χ3v) is 6.84. The van der Waals surface area contributed by atoms with Crippen molar-refractivity contribution < 1.29 is 18.3 Å². The van der Waals surface area contributed by atoms with Crippen LogP contribution in [0, 0.1) is 5.41 Å². The quantitative estimate of drug-likeness (QED) is 0.255. The van der Waals surface area contributed by atoms with Crippen molar-refractivity contribution in [3.05, 3.63) is 59.4 Å². The molecule has 11 heteroatoms. The zero-order valence-electron chi connectivity index (χ0n) is 20.2. The minimum Gasteiger partial charge on any atom is -0.481 e. The van der Waals surface area contributed by atoms with Crippen LogP contribution in [-0.4, -0.2) is 73.2 Å². The highest BCUT2D eigenvalue weighted by Crippen LogP contribution is 2.26. The predicted octanol–water partition coefficient (Wildman–Crippen LogP) is 2.10. The van der Waals surface area contributed by atoms with E-state index < -0.39 is 16.0 Å². The van der Waals surface area contributed by atoms with Gasteiger partial charge in [0.15, 0.2) is 0 Å². The van der Waals surface area contributed by atoms with Gasteiger partial charge in [-0.25, -0.2) is 13.4 Å². The highest BCUT2D eigenvalue weighted by atomic mass is 32.2. The lowest BCUT2D eigenvalue weighted by molar-refractivity contribution is -0.137. The van der Waals surface area contributed by atoms with Crippen molar-refractivity contribution in [3.63, 3.8) is 0 Å². The first-order valence-electron chi connectivity index (χ1n) is 11.2. The van der Waals surface area contributed by atoms with Crippen LogP contribution < -0.4 is 10.0 Å². The van der Waals surface area contributed by atoms with E-state index in [4.69, 9.17) is 16.1 Å². The number of fused-ring (bicyclic) bond motifs is 1. The largest absolute Gasteiger partial charge is 0.481 e. The van der Waals surface area contributed by atoms with E-state index in [9.17, 15) is 18.3 Å². The van der Waals surface area contributed by atoms with Gasteiger partial charge in [0.1, 0.15) is 11.7 Å². The first-order chi connectivity index (χ1) is 16.5. The number of nitrogens with one attached hydrogen (secondary N) is 1. The molecule has 4 N–H and O–H groups in total. The summed E-state index contributed by atoms with van der Waals surface area (Å²) in [6.45, 7) is 1.34. The highest BCUT2D eigenvalue weighted by molar-refractivity contribution is 7.92. The molecule has 1 heterocycles. The summed E-state index contributed by atoms with van der Waals surface area (Å²) in [6, 6.07) is 12.5. The van der Waals surface area contributed by atoms with Crippen LogP contribution in [0.2, 0.25) is 0 Å². The summed E-state index contributed by atoms with van der Waals surface area (Å²) in [7, 11) is 0.386. The number of carboxylic acids is 1. The van der Waals surface area contributed by atoms with Crippen molar-refractivity contribution in [2.24, 2.45) is 5.73 Å². The molecular weight excluding hydrogens is 468 g/mol. The number of hydrogen-bond donors (Lipinski definition) is 3. The Morgan fingerprint density at radius 2 is 1.83 bits per heavy atom. The number of rotatable bonds is 12. The van der Waals surface area contributed by atoms with Crippen LogP contribution in [0.15, 0.2) is 42.5 Å². The molecule has 3 rings (SSSR count). The number of aromatic nitrogens is 2. The maximum Gasteiger partial charge on any atom is 0.305 e. The normalized spacial score (nSPS) is 11.8. The molecule has 0 aliphatic carbocycles. The van der Waals surface area contributed by atoms with Gasteiger partial charge in [-0.15, -0.1) is 0 Å². The second-order valence-electron chi connectivity index (χ2n) is 8.78. The number of nitrogen functional groups attached to an aromatic ring is 1. The van der Waals surface area contributed by atoms with Crippen LogP contribution in [0.3, 0.4) is 0 Å². The molecule has 0 unspecified atom stereocenters. The fourth-order valence-corrected chi connectivity index (χ4v) is 4.87. The number of aryl methyl sites for hydroxylation is 1. The third kappa shape index (κ3) is 6.80. The molecule has 0 radical (unpaired) electrons. The minimum absolute atomic E-state index is 0.0150. The number of aliphatic carboxylic acids is 1. The molecule has 3 aromatic rings. The number of amidine groups is 1. The molecular formula is C24H32N6O4S. The van der Waals surface area contributed by atoms with Crippen molar-refractivity contribution in [2.75, 3.05) is 37.7 Å². The maximum absolute atomic E-state index is 12.5. The lowest BCUT2D eigenvalue weighted by Gasteiger charge is -2.23. The van der Waals surface area contributed by atoms with E-state index in [0.29, 0.717) is 42.0 Å². The Labute approximate surface area is 205 Å². The summed E-state index contributed by atoms with van der Waals surface area (Å²) in [6.07, 6.45) is 2.24. The van der Waals surface area contributed by atoms with Crippen molar-refractivity contribution >= 4 is 38.5 Å². The number of sulfonamides is 1. The van der Waals surface area contributed by atoms with Gasteiger partial charge in [-0.3, -0.25) is 14.5 Å². The molecule has 0 saturated heterocycles. The summed E-state index contributed by atoms with van der Waals surface area (Å²) >= 11 is 0. The zero-order chi connectivity index (χ0) is 25.8. The number of anilines is 1. The van der Waals surface area contributed by atoms with Crippen LogP contribution >= 0.6 is 0 Å². The topological polar surface area (TPSA) is 146 Å². The SMILES string of the molecule is CN(C)CCCN(c1ccc2c(c1)nc(Cc1ccc(C(=N)N)cc1)n2CCC(=O)O)S(C)(=O)=O. The molecule has 0 saturated carbocycles. The molecule has 0 amide bonds. The fourth-order valence-electron chi connectivity index (χ4n) is 3.92. The van der Waals surface area contributed by atoms with Crippen LogP contribution in [0.4, 0.5) is 5.69 Å². The van der Waals surface area contributed by atoms with Crippen molar-refractivity contribution in [1.29, 1.82) is 5.41 Å². The average molecular weight is 501 g/mol. The fraction of sp³-hybridized carbons (Fsp3) is 0.375. The van der Waals surface area contributed by atoms with Crippen LogP contribution in [0.25, 0.3) is 11.0 Å². The average Bonchev–Trinajstić information content (AvgIpc) is 3.10. The molecule has 0 aliphatic rings. The monoisotopic (exact) mass is 500 g/mol. The molecule has 0 fully saturated rings. The van der Waals surface area contributed by atoms with Gasteiger partial charge in [0.2, 0.25) is 10.0 Å². The lowest BCUT2D eigenvalue weighted by Crippen LogP contribution is -2.32. The van der Waals surface area contributed by atoms with Gasteiger partial charge in [-0.05, 0) is 50.8 Å². The van der Waals surface area contributed by atoms with Crippen LogP contribution in [0.5, 0.6) is 0 Å². The van der Waals surface area contributed by atoms with Crippen molar-refractivity contribution in [3.8, 4) is 0 Å². The number of carbonyl (C=O) groups is 1. The molecule has 188 valence electrons. The van der Waals surface area contributed by atoms with Crippen molar-refractivity contribution in [2.45, 2.75) is 25.8 Å². The van der Waals surface area contributed by atoms with E-state index in [1.54, 1.807) is 30.3 Å². The van der Waals surface area contributed by atoms with E-state index in [-0.39, 0.29) is 18.8 Å². The Morgan fingerprint density at radius 1 is 1.14 bits per heavy atom. The Bertz CT molecular complexity index is 1320. The highest BCUT2D eigenvalue weighted by Gasteiger charge is 2.20. The van der Waals surface area contributed by atoms with E-state index >= 15 is 0 Å². The standard InChI is InChI=1S/C24H32N6O4S/c1-28(2)12-4-13-30(35(3,33)34)19-9-10-21-20(16-19)27-22(29(21)14-11-23(31)32)15-17-5-7-18(8-6-17)24(25)26/h5-10,16H,4,11-15H2,1-3H3,(H3,25,26)(H,31,32). The minimum atomic E-state index is -3.49. The number of imidazole rings is 1. The number of carboxylic acid groups (broad SMARTS) is 1. The Balaban J connectivity index is 1.99. The lowest BCUT2D eigenvalue weighted by atomic mass is 10.1. The smallest absolute Gasteiger partial charge is 0.305 e. The number of benzene rings is 2. The molecule has 35 heavy (non-hydrogen) atoms. The summed E-state index contributed by atoms with van der Waals surface area (Å²) in [5.74, 6) is -0.254. The summed E-state index contributed by atoms with van der Waals surface area (Å²) in [4.78, 5) is 18.0. The first kappa shape index (κ1) is 26.2. The van der Waals surface area contributed by atoms with Gasteiger partial charge < -0.3 is 20.3 Å². The molecule has 0 spiro atoms. The maximum atomic E-state index is 12.5. The Kier molecular flexibility index (Phi) is 8.13. The van der Waals surface area contributed by atoms with E-state index in [1.807, 2.05) is 35.7 Å². The van der Waals surface area contributed by atoms with Gasteiger partial charge in [0, 0.05) is 25.1 Å². The number of nitrogens with two attached hydrogens (primary N) is 1. The van der Waals surface area contributed by atoms with Crippen molar-refractivity contribution in [1.82, 2.24) is 14.5 Å². The Morgan fingerprint density at radius 3 is 2.40 bits per heavy atom. The first-order valence-corrected chi connectivity index (χ1v) is 13.1. The predicted molar refractivity (Wildman–Crippen MR) is 138 cm³/mol. The number of nitrogens with zero attached hydrogens (tertiary/aromatic N) is 4. The van der Waals surface area contributed by atoms with E-state index in [1.165, 1.54) is 10.6 Å². The Hall–Kier alpha value is -3.44. The van der Waals surface area contributed by atoms with Gasteiger partial charge in [-0.1, -0.05) is 24.3 Å². The van der Waals surface area contributed by atoms with E-state index in [0.717, 1.165) is 17.6 Å². The molecule has 2 aromatic carbocycles. The summed E-state index contributed by atoms with van der Waals surface area (Å²) in [5, 5.41) is 16.8. The third-order valence-electron chi connectivity index (χ3n) is 5.64. The molecule has 0 bridgehead atoms. The summed E-state index contributed by atoms with van der Waals surface area (Å²) < 4.78 is 28.3. The molecule has 10 nitrogen and oxygen atoms in total. The van der Waals surface area contributed by atoms with E-state index in [2.05, 4.69) is 0 Å². The summed E-state index contributed by atoms with van der Waals surface area (Å²) in [5.41, 5.74) is 8.96. The number of hydrogen-bond acceptors (Lipinski definition) is 6. The van der Waals surface area contributed by atoms with Crippen LogP contribution in [0.1, 0.15) is 29.8 Å². The van der Waals surface area contributed by atoms with Crippen LogP contribution in [-0.2, 0) is 27.8 Å². The molecule has 1 aromatic heterocycles. The van der Waals surface area contributed by atoms with Gasteiger partial charge in [0.05, 0.1) is 29.4 Å². The molecule has 0 atom stereocenters. The molecule has 0 aliphatic heterocycles. The second kappa shape index (κ2) is 10.9. The van der Waals surface area contributed by atoms with Gasteiger partial charge in [-0.2, -0.15) is 0 Å².